The Kier molecular flexibility index (Phi) is 7.41. The van der Waals surface area contributed by atoms with E-state index in [0.717, 1.165) is 69.2 Å². The minimum absolute atomic E-state index is 0.0485. The number of urea groups is 1. The molecule has 176 valence electrons. The van der Waals surface area contributed by atoms with E-state index in [9.17, 15) is 9.59 Å². The van der Waals surface area contributed by atoms with Gasteiger partial charge in [0.1, 0.15) is 6.04 Å². The second kappa shape index (κ2) is 9.90. The third-order valence-corrected chi connectivity index (χ3v) is 9.05. The van der Waals surface area contributed by atoms with Gasteiger partial charge in [0.2, 0.25) is 5.91 Å². The van der Waals surface area contributed by atoms with E-state index in [-0.39, 0.29) is 11.9 Å². The summed E-state index contributed by atoms with van der Waals surface area (Å²) in [5, 5.41) is 3.03. The highest BCUT2D eigenvalue weighted by molar-refractivity contribution is 7.98. The fraction of sp³-hybridized carbons (Fsp3) is 0.917. The minimum Gasteiger partial charge on any atom is -0.338 e. The number of amides is 3. The average Bonchev–Trinajstić information content (AvgIpc) is 2.72. The summed E-state index contributed by atoms with van der Waals surface area (Å²) in [7, 11) is 2.08. The summed E-state index contributed by atoms with van der Waals surface area (Å²) in [6, 6.07) is -0.527. The van der Waals surface area contributed by atoms with Crippen molar-refractivity contribution in [1.82, 2.24) is 20.0 Å². The van der Waals surface area contributed by atoms with E-state index in [1.807, 2.05) is 16.7 Å². The van der Waals surface area contributed by atoms with Gasteiger partial charge in [0.25, 0.3) is 0 Å². The lowest BCUT2D eigenvalue weighted by molar-refractivity contribution is -0.134. The van der Waals surface area contributed by atoms with Crippen LogP contribution in [-0.2, 0) is 4.79 Å². The van der Waals surface area contributed by atoms with Gasteiger partial charge in [0.05, 0.1) is 0 Å². The van der Waals surface area contributed by atoms with Crippen LogP contribution < -0.4 is 5.32 Å². The molecule has 1 saturated heterocycles. The molecule has 5 fully saturated rings. The third-order valence-electron chi connectivity index (χ3n) is 8.46. The molecule has 0 unspecified atom stereocenters. The first-order valence-corrected chi connectivity index (χ1v) is 13.8. The lowest BCUT2D eigenvalue weighted by Crippen LogP contribution is -2.55. The zero-order chi connectivity index (χ0) is 22.0. The van der Waals surface area contributed by atoms with Crippen LogP contribution in [0.15, 0.2) is 0 Å². The lowest BCUT2D eigenvalue weighted by Gasteiger charge is -2.57. The standard InChI is InChI=1S/C24H42N4O2S/c1-18(22(29)27-8-6-26(2)7-9-27)25-23(30)28(10-11-31-3)5-4-24-15-19-12-20(16-24)14-21(13-19)17-24/h18-21H,4-17H2,1-3H3,(H,25,30)/t18-,19?,20?,21?,24?/m0/s1. The van der Waals surface area contributed by atoms with Crippen molar-refractivity contribution in [2.75, 3.05) is 58.3 Å². The minimum atomic E-state index is -0.466. The van der Waals surface area contributed by atoms with Crippen molar-refractivity contribution in [3.05, 3.63) is 0 Å². The predicted molar refractivity (Wildman–Crippen MR) is 127 cm³/mol. The van der Waals surface area contributed by atoms with Crippen LogP contribution >= 0.6 is 11.8 Å². The van der Waals surface area contributed by atoms with Crippen molar-refractivity contribution in [3.63, 3.8) is 0 Å². The first-order valence-electron chi connectivity index (χ1n) is 12.4. The number of carbonyl (C=O) groups is 2. The van der Waals surface area contributed by atoms with Crippen LogP contribution in [-0.4, -0.2) is 91.0 Å². The highest BCUT2D eigenvalue weighted by Crippen LogP contribution is 2.61. The highest BCUT2D eigenvalue weighted by Gasteiger charge is 2.50. The number of nitrogens with one attached hydrogen (secondary N) is 1. The first kappa shape index (κ1) is 23.2. The monoisotopic (exact) mass is 450 g/mol. The zero-order valence-corrected chi connectivity index (χ0v) is 20.6. The fourth-order valence-corrected chi connectivity index (χ4v) is 7.53. The van der Waals surface area contributed by atoms with Gasteiger partial charge in [-0.3, -0.25) is 4.79 Å². The van der Waals surface area contributed by atoms with Gasteiger partial charge in [-0.05, 0) is 88.3 Å². The molecular formula is C24H42N4O2S. The van der Waals surface area contributed by atoms with E-state index >= 15 is 0 Å². The van der Waals surface area contributed by atoms with Crippen LogP contribution in [0.25, 0.3) is 0 Å². The van der Waals surface area contributed by atoms with Gasteiger partial charge in [-0.2, -0.15) is 11.8 Å². The van der Waals surface area contributed by atoms with Gasteiger partial charge in [0, 0.05) is 45.0 Å². The Morgan fingerprint density at radius 2 is 1.61 bits per heavy atom. The van der Waals surface area contributed by atoms with E-state index in [4.69, 9.17) is 0 Å². The second-order valence-corrected chi connectivity index (χ2v) is 11.9. The quantitative estimate of drug-likeness (QED) is 0.617. The number of piperazine rings is 1. The predicted octanol–water partition coefficient (Wildman–Crippen LogP) is 3.13. The van der Waals surface area contributed by atoms with Gasteiger partial charge in [-0.15, -0.1) is 0 Å². The Bertz CT molecular complexity index is 614. The van der Waals surface area contributed by atoms with Gasteiger partial charge in [-0.1, -0.05) is 0 Å². The molecule has 7 heteroatoms. The Balaban J connectivity index is 1.31. The Morgan fingerprint density at radius 3 is 2.16 bits per heavy atom. The lowest BCUT2D eigenvalue weighted by atomic mass is 9.49. The van der Waals surface area contributed by atoms with Crippen LogP contribution in [0.4, 0.5) is 4.79 Å². The zero-order valence-electron chi connectivity index (χ0n) is 19.8. The van der Waals surface area contributed by atoms with Crippen molar-refractivity contribution < 1.29 is 9.59 Å². The third kappa shape index (κ3) is 5.52. The molecule has 5 aliphatic rings. The molecule has 4 saturated carbocycles. The molecule has 1 atom stereocenters. The molecule has 1 aliphatic heterocycles. The summed E-state index contributed by atoms with van der Waals surface area (Å²) in [6.07, 6.45) is 11.8. The summed E-state index contributed by atoms with van der Waals surface area (Å²) >= 11 is 1.78. The SMILES string of the molecule is CSCCN(CCC12CC3CC(CC(C3)C1)C2)C(=O)N[C@@H](C)C(=O)N1CCN(C)CC1. The maximum absolute atomic E-state index is 13.1. The van der Waals surface area contributed by atoms with Crippen LogP contribution in [0.1, 0.15) is 51.9 Å². The van der Waals surface area contributed by atoms with Gasteiger partial charge < -0.3 is 20.0 Å². The van der Waals surface area contributed by atoms with Gasteiger partial charge in [-0.25, -0.2) is 4.79 Å². The fourth-order valence-electron chi connectivity index (χ4n) is 7.12. The summed E-state index contributed by atoms with van der Waals surface area (Å²) in [5.74, 6) is 3.82. The Morgan fingerprint density at radius 1 is 1.03 bits per heavy atom. The Hall–Kier alpha value is -0.950. The molecule has 3 amide bonds. The second-order valence-electron chi connectivity index (χ2n) is 10.9. The summed E-state index contributed by atoms with van der Waals surface area (Å²) < 4.78 is 0. The summed E-state index contributed by atoms with van der Waals surface area (Å²) in [5.41, 5.74) is 0.480. The van der Waals surface area contributed by atoms with Crippen molar-refractivity contribution in [2.45, 2.75) is 57.9 Å². The van der Waals surface area contributed by atoms with Crippen LogP contribution in [0.2, 0.25) is 0 Å². The van der Waals surface area contributed by atoms with E-state index in [1.165, 1.54) is 38.5 Å². The van der Waals surface area contributed by atoms with Gasteiger partial charge >= 0.3 is 6.03 Å². The average molecular weight is 451 g/mol. The molecule has 0 radical (unpaired) electrons. The largest absolute Gasteiger partial charge is 0.338 e. The summed E-state index contributed by atoms with van der Waals surface area (Å²) in [6.45, 7) is 6.72. The molecule has 1 N–H and O–H groups in total. The molecule has 4 bridgehead atoms. The number of carbonyl (C=O) groups excluding carboxylic acids is 2. The molecule has 4 aliphatic carbocycles. The molecule has 0 aromatic rings. The number of nitrogens with zero attached hydrogens (tertiary/aromatic N) is 3. The van der Waals surface area contributed by atoms with E-state index in [2.05, 4.69) is 23.5 Å². The van der Waals surface area contributed by atoms with Crippen molar-refractivity contribution in [2.24, 2.45) is 23.2 Å². The number of thioether (sulfide) groups is 1. The van der Waals surface area contributed by atoms with E-state index in [0.29, 0.717) is 5.41 Å². The number of hydrogen-bond donors (Lipinski definition) is 1. The van der Waals surface area contributed by atoms with E-state index < -0.39 is 6.04 Å². The highest BCUT2D eigenvalue weighted by atomic mass is 32.2. The number of rotatable bonds is 8. The molecule has 6 nitrogen and oxygen atoms in total. The van der Waals surface area contributed by atoms with Crippen molar-refractivity contribution in [1.29, 1.82) is 0 Å². The molecule has 0 aromatic carbocycles. The maximum Gasteiger partial charge on any atom is 0.318 e. The molecule has 5 rings (SSSR count). The first-order chi connectivity index (χ1) is 14.9. The van der Waals surface area contributed by atoms with Crippen molar-refractivity contribution in [3.8, 4) is 0 Å². The maximum atomic E-state index is 13.1. The van der Waals surface area contributed by atoms with Crippen LogP contribution in [0.3, 0.4) is 0 Å². The molecule has 0 aromatic heterocycles. The topological polar surface area (TPSA) is 55.9 Å². The molecular weight excluding hydrogens is 408 g/mol. The van der Waals surface area contributed by atoms with Crippen molar-refractivity contribution >= 4 is 23.7 Å². The summed E-state index contributed by atoms with van der Waals surface area (Å²) in [4.78, 5) is 32.1. The molecule has 1 heterocycles. The van der Waals surface area contributed by atoms with E-state index in [1.54, 1.807) is 11.8 Å². The number of hydrogen-bond acceptors (Lipinski definition) is 4. The Labute approximate surface area is 192 Å². The molecule has 31 heavy (non-hydrogen) atoms. The normalized spacial score (nSPS) is 33.4. The molecule has 0 spiro atoms. The number of likely N-dealkylation sites (N-methyl/N-ethyl adjacent to an activating group) is 1. The smallest absolute Gasteiger partial charge is 0.318 e. The van der Waals surface area contributed by atoms with Gasteiger partial charge in [0.15, 0.2) is 0 Å². The van der Waals surface area contributed by atoms with Crippen LogP contribution in [0.5, 0.6) is 0 Å². The van der Waals surface area contributed by atoms with Crippen LogP contribution in [0, 0.1) is 23.2 Å².